The van der Waals surface area contributed by atoms with E-state index < -0.39 is 0 Å². The summed E-state index contributed by atoms with van der Waals surface area (Å²) < 4.78 is 0. The fraction of sp³-hybridized carbons (Fsp3) is 0.368. The first-order valence-corrected chi connectivity index (χ1v) is 7.65. The lowest BCUT2D eigenvalue weighted by Gasteiger charge is -2.23. The zero-order chi connectivity index (χ0) is 14.2. The maximum Gasteiger partial charge on any atom is 0.0108 e. The van der Waals surface area contributed by atoms with Crippen molar-refractivity contribution >= 4 is 0 Å². The average Bonchev–Trinajstić information content (AvgIpc) is 2.50. The molecule has 2 aromatic carbocycles. The van der Waals surface area contributed by atoms with Gasteiger partial charge in [-0.3, -0.25) is 0 Å². The molecule has 0 heterocycles. The predicted octanol–water partition coefficient (Wildman–Crippen LogP) is 4.53. The first-order valence-electron chi connectivity index (χ1n) is 7.65. The van der Waals surface area contributed by atoms with Gasteiger partial charge in [-0.2, -0.15) is 0 Å². The number of nitrogens with two attached hydrogens (primary N) is 1. The zero-order valence-electron chi connectivity index (χ0n) is 12.3. The third-order valence-electron chi connectivity index (χ3n) is 4.03. The molecule has 2 rings (SSSR count). The van der Waals surface area contributed by atoms with Gasteiger partial charge in [-0.05, 0) is 42.7 Å². The Morgan fingerprint density at radius 1 is 0.900 bits per heavy atom. The van der Waals surface area contributed by atoms with Crippen molar-refractivity contribution in [1.82, 2.24) is 0 Å². The van der Waals surface area contributed by atoms with Crippen molar-refractivity contribution in [2.45, 2.75) is 44.6 Å². The first kappa shape index (κ1) is 14.8. The lowest BCUT2D eigenvalue weighted by Crippen LogP contribution is -2.28. The Hall–Kier alpha value is -1.60. The van der Waals surface area contributed by atoms with Crippen LogP contribution < -0.4 is 5.73 Å². The minimum atomic E-state index is 0.256. The number of hydrogen-bond donors (Lipinski definition) is 1. The topological polar surface area (TPSA) is 26.0 Å². The molecule has 2 aromatic rings. The highest BCUT2D eigenvalue weighted by Gasteiger charge is 2.17. The van der Waals surface area contributed by atoms with Gasteiger partial charge in [0.25, 0.3) is 0 Å². The summed E-state index contributed by atoms with van der Waals surface area (Å²) in [6.45, 7) is 2.23. The minimum Gasteiger partial charge on any atom is -0.327 e. The van der Waals surface area contributed by atoms with E-state index >= 15 is 0 Å². The molecule has 2 atom stereocenters. The number of aryl methyl sites for hydroxylation is 1. The molecule has 0 radical (unpaired) electrons. The molecule has 0 spiro atoms. The fourth-order valence-electron chi connectivity index (χ4n) is 2.87. The molecule has 2 N–H and O–H groups in total. The standard InChI is InChI=1S/C19H25N/c1-2-18(17-13-7-4-8-14-17)19(20)15-9-12-16-10-5-3-6-11-16/h3-8,10-11,13-14,18-19H,2,9,12,15,20H2,1H3. The molecule has 0 aromatic heterocycles. The van der Waals surface area contributed by atoms with E-state index in [1.165, 1.54) is 11.1 Å². The second-order valence-corrected chi connectivity index (χ2v) is 5.47. The molecule has 1 nitrogen and oxygen atoms in total. The Kier molecular flexibility index (Phi) is 5.82. The molecule has 0 bridgehead atoms. The molecule has 0 aliphatic carbocycles. The second-order valence-electron chi connectivity index (χ2n) is 5.47. The van der Waals surface area contributed by atoms with Crippen molar-refractivity contribution in [1.29, 1.82) is 0 Å². The van der Waals surface area contributed by atoms with Gasteiger partial charge in [0.15, 0.2) is 0 Å². The Bertz CT molecular complexity index is 478. The highest BCUT2D eigenvalue weighted by atomic mass is 14.6. The SMILES string of the molecule is CCC(c1ccccc1)C(N)CCCc1ccccc1. The molecular formula is C19H25N. The van der Waals surface area contributed by atoms with Crippen LogP contribution in [0.25, 0.3) is 0 Å². The Morgan fingerprint density at radius 2 is 1.50 bits per heavy atom. The quantitative estimate of drug-likeness (QED) is 0.783. The molecule has 1 heteroatoms. The summed E-state index contributed by atoms with van der Waals surface area (Å²) in [5.41, 5.74) is 9.21. The lowest BCUT2D eigenvalue weighted by atomic mass is 9.87. The predicted molar refractivity (Wildman–Crippen MR) is 86.8 cm³/mol. The average molecular weight is 267 g/mol. The molecule has 0 aliphatic heterocycles. The van der Waals surface area contributed by atoms with Crippen molar-refractivity contribution in [3.8, 4) is 0 Å². The van der Waals surface area contributed by atoms with Crippen LogP contribution in [-0.4, -0.2) is 6.04 Å². The lowest BCUT2D eigenvalue weighted by molar-refractivity contribution is 0.475. The first-order chi connectivity index (χ1) is 9.81. The van der Waals surface area contributed by atoms with Gasteiger partial charge in [0, 0.05) is 6.04 Å². The number of hydrogen-bond acceptors (Lipinski definition) is 1. The van der Waals surface area contributed by atoms with E-state index in [0.717, 1.165) is 25.7 Å². The van der Waals surface area contributed by atoms with Crippen molar-refractivity contribution in [2.75, 3.05) is 0 Å². The number of benzene rings is 2. The maximum absolute atomic E-state index is 6.42. The van der Waals surface area contributed by atoms with E-state index in [1.807, 2.05) is 0 Å². The zero-order valence-corrected chi connectivity index (χ0v) is 12.3. The summed E-state index contributed by atoms with van der Waals surface area (Å²) >= 11 is 0. The maximum atomic E-state index is 6.42. The van der Waals surface area contributed by atoms with Gasteiger partial charge >= 0.3 is 0 Å². The molecule has 0 amide bonds. The smallest absolute Gasteiger partial charge is 0.0108 e. The largest absolute Gasteiger partial charge is 0.327 e. The summed E-state index contributed by atoms with van der Waals surface area (Å²) in [6.07, 6.45) is 4.48. The van der Waals surface area contributed by atoms with Gasteiger partial charge < -0.3 is 5.73 Å². The summed E-state index contributed by atoms with van der Waals surface area (Å²) in [5, 5.41) is 0. The van der Waals surface area contributed by atoms with Crippen LogP contribution in [0.3, 0.4) is 0 Å². The van der Waals surface area contributed by atoms with E-state index in [2.05, 4.69) is 67.6 Å². The van der Waals surface area contributed by atoms with Gasteiger partial charge in [-0.1, -0.05) is 67.6 Å². The van der Waals surface area contributed by atoms with Gasteiger partial charge in [0.05, 0.1) is 0 Å². The molecule has 20 heavy (non-hydrogen) atoms. The molecule has 0 saturated carbocycles. The highest BCUT2D eigenvalue weighted by molar-refractivity contribution is 5.21. The van der Waals surface area contributed by atoms with Crippen LogP contribution in [-0.2, 0) is 6.42 Å². The molecule has 106 valence electrons. The van der Waals surface area contributed by atoms with E-state index in [-0.39, 0.29) is 6.04 Å². The van der Waals surface area contributed by atoms with Crippen LogP contribution in [0.4, 0.5) is 0 Å². The van der Waals surface area contributed by atoms with Crippen LogP contribution in [0.5, 0.6) is 0 Å². The molecule has 0 fully saturated rings. The third-order valence-corrected chi connectivity index (χ3v) is 4.03. The molecule has 2 unspecified atom stereocenters. The molecule has 0 saturated heterocycles. The molecule has 0 aliphatic rings. The van der Waals surface area contributed by atoms with Gasteiger partial charge in [0.2, 0.25) is 0 Å². The van der Waals surface area contributed by atoms with Crippen molar-refractivity contribution < 1.29 is 0 Å². The van der Waals surface area contributed by atoms with Crippen molar-refractivity contribution in [3.05, 3.63) is 71.8 Å². The van der Waals surface area contributed by atoms with Gasteiger partial charge in [-0.15, -0.1) is 0 Å². The van der Waals surface area contributed by atoms with Crippen molar-refractivity contribution in [3.63, 3.8) is 0 Å². The van der Waals surface area contributed by atoms with Crippen LogP contribution in [0, 0.1) is 0 Å². The highest BCUT2D eigenvalue weighted by Crippen LogP contribution is 2.24. The van der Waals surface area contributed by atoms with E-state index in [1.54, 1.807) is 0 Å². The van der Waals surface area contributed by atoms with Crippen LogP contribution in [0.1, 0.15) is 43.2 Å². The monoisotopic (exact) mass is 267 g/mol. The van der Waals surface area contributed by atoms with Crippen LogP contribution in [0.15, 0.2) is 60.7 Å². The Morgan fingerprint density at radius 3 is 2.10 bits per heavy atom. The normalized spacial score (nSPS) is 13.9. The number of rotatable bonds is 7. The van der Waals surface area contributed by atoms with E-state index in [9.17, 15) is 0 Å². The fourth-order valence-corrected chi connectivity index (χ4v) is 2.87. The summed E-state index contributed by atoms with van der Waals surface area (Å²) in [7, 11) is 0. The second kappa shape index (κ2) is 7.86. The summed E-state index contributed by atoms with van der Waals surface area (Å²) in [5.74, 6) is 0.479. The Balaban J connectivity index is 1.85. The molecular weight excluding hydrogens is 242 g/mol. The summed E-state index contributed by atoms with van der Waals surface area (Å²) in [4.78, 5) is 0. The van der Waals surface area contributed by atoms with Gasteiger partial charge in [-0.25, -0.2) is 0 Å². The summed E-state index contributed by atoms with van der Waals surface area (Å²) in [6, 6.07) is 21.6. The minimum absolute atomic E-state index is 0.256. The van der Waals surface area contributed by atoms with E-state index in [0.29, 0.717) is 5.92 Å². The Labute approximate surface area is 122 Å². The van der Waals surface area contributed by atoms with Gasteiger partial charge in [0.1, 0.15) is 0 Å². The van der Waals surface area contributed by atoms with Crippen LogP contribution >= 0.6 is 0 Å². The van der Waals surface area contributed by atoms with Crippen LogP contribution in [0.2, 0.25) is 0 Å². The van der Waals surface area contributed by atoms with E-state index in [4.69, 9.17) is 5.73 Å². The third kappa shape index (κ3) is 4.21. The van der Waals surface area contributed by atoms with Crippen molar-refractivity contribution in [2.24, 2.45) is 5.73 Å².